The Kier molecular flexibility index (Phi) is 4.38. The molecule has 1 amide bonds. The molecule has 132 valence electrons. The second kappa shape index (κ2) is 6.82. The van der Waals surface area contributed by atoms with E-state index in [4.69, 9.17) is 4.52 Å². The Hall–Kier alpha value is -2.44. The van der Waals surface area contributed by atoms with Crippen LogP contribution >= 0.6 is 0 Å². The molecule has 2 aromatic heterocycles. The Morgan fingerprint density at radius 2 is 2.20 bits per heavy atom. The maximum atomic E-state index is 11.9. The molecule has 25 heavy (non-hydrogen) atoms. The van der Waals surface area contributed by atoms with Crippen molar-refractivity contribution in [2.24, 2.45) is 5.92 Å². The van der Waals surface area contributed by atoms with E-state index in [9.17, 15) is 4.79 Å². The van der Waals surface area contributed by atoms with Gasteiger partial charge in [-0.1, -0.05) is 5.16 Å². The van der Waals surface area contributed by atoms with Crippen molar-refractivity contribution >= 4 is 11.7 Å². The number of amides is 1. The lowest BCUT2D eigenvalue weighted by atomic mass is 9.97. The molecule has 2 saturated heterocycles. The molecule has 2 aliphatic rings. The van der Waals surface area contributed by atoms with E-state index in [-0.39, 0.29) is 0 Å². The molecule has 0 aliphatic carbocycles. The highest BCUT2D eigenvalue weighted by Gasteiger charge is 2.27. The minimum Gasteiger partial charge on any atom is -0.356 e. The molecule has 2 fully saturated rings. The number of pyridine rings is 1. The van der Waals surface area contributed by atoms with Crippen LogP contribution in [-0.4, -0.2) is 52.1 Å². The summed E-state index contributed by atoms with van der Waals surface area (Å²) in [6.45, 7) is 5.57. The third-order valence-corrected chi connectivity index (χ3v) is 5.02. The van der Waals surface area contributed by atoms with Gasteiger partial charge in [0.2, 0.25) is 5.91 Å². The van der Waals surface area contributed by atoms with Gasteiger partial charge in [-0.15, -0.1) is 0 Å². The van der Waals surface area contributed by atoms with Crippen molar-refractivity contribution < 1.29 is 9.32 Å². The van der Waals surface area contributed by atoms with Crippen LogP contribution in [0.15, 0.2) is 22.9 Å². The first-order valence-corrected chi connectivity index (χ1v) is 8.98. The minimum absolute atomic E-state index is 0.314. The van der Waals surface area contributed by atoms with Crippen LogP contribution in [0.5, 0.6) is 0 Å². The number of carbonyl (C=O) groups excluding carboxylic acids is 1. The average Bonchev–Trinajstić information content (AvgIpc) is 3.24. The second-order valence-electron chi connectivity index (χ2n) is 6.95. The summed E-state index contributed by atoms with van der Waals surface area (Å²) in [7, 11) is 0. The van der Waals surface area contributed by atoms with Gasteiger partial charge in [0.25, 0.3) is 5.89 Å². The molecule has 2 aliphatic heterocycles. The van der Waals surface area contributed by atoms with Crippen molar-refractivity contribution in [3.63, 3.8) is 0 Å². The fourth-order valence-electron chi connectivity index (χ4n) is 3.74. The molecule has 2 aromatic rings. The van der Waals surface area contributed by atoms with Gasteiger partial charge in [0.1, 0.15) is 5.82 Å². The molecule has 0 radical (unpaired) electrons. The minimum atomic E-state index is 0.314. The third kappa shape index (κ3) is 3.50. The van der Waals surface area contributed by atoms with Crippen molar-refractivity contribution in [2.45, 2.75) is 32.6 Å². The number of piperidine rings is 1. The van der Waals surface area contributed by atoms with Gasteiger partial charge in [0, 0.05) is 38.8 Å². The van der Waals surface area contributed by atoms with Crippen LogP contribution in [0.4, 0.5) is 5.82 Å². The normalized spacial score (nSPS) is 21.2. The van der Waals surface area contributed by atoms with E-state index in [0.29, 0.717) is 30.0 Å². The standard InChI is InChI=1S/C18H23N5O2/c1-13-20-18(25-21-13)15-6-7-16(19-10-15)22-8-2-4-14(11-22)12-23-9-3-5-17(23)24/h6-7,10,14H,2-5,8-9,11-12H2,1H3/t14-/m1/s1. The molecule has 4 rings (SSSR count). The van der Waals surface area contributed by atoms with Crippen molar-refractivity contribution in [1.82, 2.24) is 20.0 Å². The number of hydrogen-bond donors (Lipinski definition) is 0. The Labute approximate surface area is 147 Å². The zero-order valence-corrected chi connectivity index (χ0v) is 14.5. The number of anilines is 1. The molecule has 0 N–H and O–H groups in total. The Bertz CT molecular complexity index is 742. The SMILES string of the molecule is Cc1noc(-c2ccc(N3CCC[C@@H](CN4CCCC4=O)C3)nc2)n1. The van der Waals surface area contributed by atoms with E-state index in [1.807, 2.05) is 17.0 Å². The molecule has 1 atom stereocenters. The summed E-state index contributed by atoms with van der Waals surface area (Å²) in [5, 5.41) is 3.81. The van der Waals surface area contributed by atoms with Crippen LogP contribution in [0.3, 0.4) is 0 Å². The average molecular weight is 341 g/mol. The van der Waals surface area contributed by atoms with Crippen LogP contribution in [0, 0.1) is 12.8 Å². The van der Waals surface area contributed by atoms with Gasteiger partial charge in [-0.3, -0.25) is 4.79 Å². The van der Waals surface area contributed by atoms with Gasteiger partial charge in [-0.2, -0.15) is 4.98 Å². The Morgan fingerprint density at radius 1 is 1.28 bits per heavy atom. The van der Waals surface area contributed by atoms with Crippen molar-refractivity contribution in [1.29, 1.82) is 0 Å². The van der Waals surface area contributed by atoms with Crippen molar-refractivity contribution in [3.05, 3.63) is 24.2 Å². The number of aryl methyl sites for hydroxylation is 1. The fraction of sp³-hybridized carbons (Fsp3) is 0.556. The van der Waals surface area contributed by atoms with E-state index < -0.39 is 0 Å². The van der Waals surface area contributed by atoms with Crippen LogP contribution in [0.2, 0.25) is 0 Å². The van der Waals surface area contributed by atoms with Crippen molar-refractivity contribution in [2.75, 3.05) is 31.1 Å². The zero-order valence-electron chi connectivity index (χ0n) is 14.5. The number of hydrogen-bond acceptors (Lipinski definition) is 6. The summed E-state index contributed by atoms with van der Waals surface area (Å²) in [6, 6.07) is 3.99. The fourth-order valence-corrected chi connectivity index (χ4v) is 3.74. The molecular weight excluding hydrogens is 318 g/mol. The van der Waals surface area contributed by atoms with Gasteiger partial charge >= 0.3 is 0 Å². The van der Waals surface area contributed by atoms with Crippen LogP contribution in [0.25, 0.3) is 11.5 Å². The zero-order chi connectivity index (χ0) is 17.2. The van der Waals surface area contributed by atoms with Gasteiger partial charge in [0.15, 0.2) is 5.82 Å². The highest BCUT2D eigenvalue weighted by atomic mass is 16.5. The Balaban J connectivity index is 1.41. The first-order valence-electron chi connectivity index (χ1n) is 8.98. The number of nitrogens with zero attached hydrogens (tertiary/aromatic N) is 5. The quantitative estimate of drug-likeness (QED) is 0.849. The second-order valence-corrected chi connectivity index (χ2v) is 6.95. The van der Waals surface area contributed by atoms with Gasteiger partial charge < -0.3 is 14.3 Å². The monoisotopic (exact) mass is 341 g/mol. The van der Waals surface area contributed by atoms with E-state index in [1.54, 1.807) is 13.1 Å². The number of aromatic nitrogens is 3. The van der Waals surface area contributed by atoms with Crippen LogP contribution < -0.4 is 4.90 Å². The predicted octanol–water partition coefficient (Wildman–Crippen LogP) is 2.28. The lowest BCUT2D eigenvalue weighted by molar-refractivity contribution is -0.128. The van der Waals surface area contributed by atoms with Crippen LogP contribution in [0.1, 0.15) is 31.5 Å². The molecule has 0 aromatic carbocycles. The maximum absolute atomic E-state index is 11.9. The summed E-state index contributed by atoms with van der Waals surface area (Å²) >= 11 is 0. The van der Waals surface area contributed by atoms with E-state index in [2.05, 4.69) is 20.0 Å². The third-order valence-electron chi connectivity index (χ3n) is 5.02. The number of carbonyl (C=O) groups is 1. The summed E-state index contributed by atoms with van der Waals surface area (Å²) in [5.41, 5.74) is 0.834. The van der Waals surface area contributed by atoms with E-state index in [0.717, 1.165) is 50.4 Å². The van der Waals surface area contributed by atoms with Crippen LogP contribution in [-0.2, 0) is 4.79 Å². The molecule has 0 bridgehead atoms. The summed E-state index contributed by atoms with van der Waals surface area (Å²) in [5.74, 6) is 2.93. The van der Waals surface area contributed by atoms with Gasteiger partial charge in [-0.25, -0.2) is 4.98 Å². The predicted molar refractivity (Wildman–Crippen MR) is 93.0 cm³/mol. The summed E-state index contributed by atoms with van der Waals surface area (Å²) < 4.78 is 5.19. The van der Waals surface area contributed by atoms with E-state index >= 15 is 0 Å². The maximum Gasteiger partial charge on any atom is 0.259 e. The molecule has 0 spiro atoms. The molecule has 7 nitrogen and oxygen atoms in total. The van der Waals surface area contributed by atoms with Gasteiger partial charge in [-0.05, 0) is 44.2 Å². The molecule has 7 heteroatoms. The van der Waals surface area contributed by atoms with Crippen molar-refractivity contribution in [3.8, 4) is 11.5 Å². The summed E-state index contributed by atoms with van der Waals surface area (Å²) in [4.78, 5) is 25.0. The van der Waals surface area contributed by atoms with Gasteiger partial charge in [0.05, 0.1) is 5.56 Å². The first-order chi connectivity index (χ1) is 12.2. The highest BCUT2D eigenvalue weighted by molar-refractivity contribution is 5.78. The number of likely N-dealkylation sites (tertiary alicyclic amines) is 1. The lowest BCUT2D eigenvalue weighted by Crippen LogP contribution is -2.41. The topological polar surface area (TPSA) is 75.4 Å². The Morgan fingerprint density at radius 3 is 2.88 bits per heavy atom. The molecule has 4 heterocycles. The smallest absolute Gasteiger partial charge is 0.259 e. The number of rotatable bonds is 4. The molecule has 0 unspecified atom stereocenters. The molecular formula is C18H23N5O2. The van der Waals surface area contributed by atoms with E-state index in [1.165, 1.54) is 6.42 Å². The highest BCUT2D eigenvalue weighted by Crippen LogP contribution is 2.25. The largest absolute Gasteiger partial charge is 0.356 e. The lowest BCUT2D eigenvalue weighted by Gasteiger charge is -2.35. The molecule has 0 saturated carbocycles. The summed E-state index contributed by atoms with van der Waals surface area (Å²) in [6.07, 6.45) is 5.83. The first kappa shape index (κ1) is 16.1.